The molecule has 1 aromatic heterocycles. The minimum Gasteiger partial charge on any atom is -0.430 e. The molecular formula is C18H18F6N4O4. The van der Waals surface area contributed by atoms with E-state index in [2.05, 4.69) is 5.10 Å². The van der Waals surface area contributed by atoms with E-state index in [1.165, 1.54) is 0 Å². The first kappa shape index (κ1) is 24.9. The van der Waals surface area contributed by atoms with Gasteiger partial charge in [-0.25, -0.2) is 4.79 Å². The second-order valence-electron chi connectivity index (χ2n) is 7.19. The quantitative estimate of drug-likeness (QED) is 0.319. The zero-order valence-electron chi connectivity index (χ0n) is 17.2. The van der Waals surface area contributed by atoms with Gasteiger partial charge in [0.1, 0.15) is 0 Å². The van der Waals surface area contributed by atoms with Gasteiger partial charge >= 0.3 is 24.1 Å². The molecule has 2 aromatic rings. The van der Waals surface area contributed by atoms with Crippen LogP contribution in [0.5, 0.6) is 11.6 Å². The zero-order chi connectivity index (χ0) is 24.6. The number of carbonyl (C=O) groups excluding carboxylic acids is 1. The van der Waals surface area contributed by atoms with Crippen LogP contribution in [0.4, 0.5) is 36.8 Å². The van der Waals surface area contributed by atoms with E-state index in [4.69, 9.17) is 4.74 Å². The summed E-state index contributed by atoms with van der Waals surface area (Å²) >= 11 is 0. The summed E-state index contributed by atoms with van der Waals surface area (Å²) in [5.41, 5.74) is -4.00. The van der Waals surface area contributed by atoms with Gasteiger partial charge in [-0.15, -0.1) is 5.10 Å². The molecule has 1 heterocycles. The molecule has 0 N–H and O–H groups in total. The number of alkyl halides is 6. The minimum absolute atomic E-state index is 0.0469. The summed E-state index contributed by atoms with van der Waals surface area (Å²) in [6.45, 7) is 6.32. The van der Waals surface area contributed by atoms with Crippen LogP contribution >= 0.6 is 0 Å². The van der Waals surface area contributed by atoms with Crippen LogP contribution in [0.25, 0.3) is 0 Å². The number of rotatable bonds is 5. The number of ether oxygens (including phenoxy) is 1. The Morgan fingerprint density at radius 3 is 2.06 bits per heavy atom. The smallest absolute Gasteiger partial charge is 0.430 e. The van der Waals surface area contributed by atoms with Gasteiger partial charge in [0.25, 0.3) is 0 Å². The number of nitro groups is 1. The van der Waals surface area contributed by atoms with Crippen molar-refractivity contribution in [2.24, 2.45) is 0 Å². The Kier molecular flexibility index (Phi) is 6.76. The third-order valence-corrected chi connectivity index (χ3v) is 4.19. The first-order chi connectivity index (χ1) is 14.5. The van der Waals surface area contributed by atoms with Crippen molar-refractivity contribution < 1.29 is 40.8 Å². The van der Waals surface area contributed by atoms with Gasteiger partial charge < -0.3 is 9.64 Å². The fourth-order valence-electron chi connectivity index (χ4n) is 2.94. The number of aromatic nitrogens is 2. The van der Waals surface area contributed by atoms with Gasteiger partial charge in [0.2, 0.25) is 11.6 Å². The van der Waals surface area contributed by atoms with Gasteiger partial charge in [-0.3, -0.25) is 10.1 Å². The van der Waals surface area contributed by atoms with Crippen LogP contribution in [0, 0.1) is 10.1 Å². The Hall–Kier alpha value is -3.32. The van der Waals surface area contributed by atoms with Crippen molar-refractivity contribution in [2.45, 2.75) is 52.1 Å². The van der Waals surface area contributed by atoms with Crippen molar-refractivity contribution in [3.63, 3.8) is 0 Å². The molecular weight excluding hydrogens is 450 g/mol. The molecule has 0 unspecified atom stereocenters. The fourth-order valence-corrected chi connectivity index (χ4v) is 2.94. The molecule has 176 valence electrons. The van der Waals surface area contributed by atoms with Crippen molar-refractivity contribution in [3.8, 4) is 11.6 Å². The number of benzene rings is 1. The largest absolute Gasteiger partial charge is 0.433 e. The van der Waals surface area contributed by atoms with Crippen LogP contribution in [0.15, 0.2) is 24.3 Å². The summed E-state index contributed by atoms with van der Waals surface area (Å²) in [5.74, 6) is -1.64. The Morgan fingerprint density at radius 1 is 1.06 bits per heavy atom. The molecule has 14 heteroatoms. The standard InChI is InChI=1S/C18H18F6N4O4/c1-9(2)26(10(3)4)16(29)27-14(18(22,23)24)8-15(25-27)32-13-6-5-11(17(19,20)21)7-12(13)28(30)31/h5-10H,1-4H3. The Morgan fingerprint density at radius 2 is 1.62 bits per heavy atom. The second kappa shape index (κ2) is 8.67. The van der Waals surface area contributed by atoms with Gasteiger partial charge in [-0.1, -0.05) is 0 Å². The highest BCUT2D eigenvalue weighted by Gasteiger charge is 2.40. The molecule has 1 aromatic carbocycles. The highest BCUT2D eigenvalue weighted by molar-refractivity contribution is 5.77. The topological polar surface area (TPSA) is 90.5 Å². The van der Waals surface area contributed by atoms with E-state index in [1.54, 1.807) is 27.7 Å². The average Bonchev–Trinajstić information content (AvgIpc) is 3.04. The van der Waals surface area contributed by atoms with Crippen LogP contribution in [-0.2, 0) is 12.4 Å². The molecule has 2 rings (SSSR count). The van der Waals surface area contributed by atoms with E-state index >= 15 is 0 Å². The molecule has 0 bridgehead atoms. The zero-order valence-corrected chi connectivity index (χ0v) is 17.2. The molecule has 0 fully saturated rings. The van der Waals surface area contributed by atoms with Crippen molar-refractivity contribution in [3.05, 3.63) is 45.6 Å². The van der Waals surface area contributed by atoms with Crippen LogP contribution in [0.2, 0.25) is 0 Å². The van der Waals surface area contributed by atoms with Crippen molar-refractivity contribution in [2.75, 3.05) is 0 Å². The number of nitrogens with zero attached hydrogens (tertiary/aromatic N) is 4. The molecule has 8 nitrogen and oxygen atoms in total. The maximum absolute atomic E-state index is 13.5. The van der Waals surface area contributed by atoms with Crippen LogP contribution < -0.4 is 4.74 Å². The van der Waals surface area contributed by atoms with Gasteiger partial charge in [0.15, 0.2) is 5.69 Å². The lowest BCUT2D eigenvalue weighted by Gasteiger charge is -2.30. The summed E-state index contributed by atoms with van der Waals surface area (Å²) in [5, 5.41) is 14.6. The maximum Gasteiger partial charge on any atom is 0.433 e. The number of nitro benzene ring substituents is 1. The molecule has 0 spiro atoms. The molecule has 0 aliphatic carbocycles. The molecule has 0 aliphatic rings. The molecule has 0 atom stereocenters. The summed E-state index contributed by atoms with van der Waals surface area (Å²) in [6, 6.07) is -0.544. The monoisotopic (exact) mass is 468 g/mol. The van der Waals surface area contributed by atoms with E-state index < -0.39 is 64.0 Å². The van der Waals surface area contributed by atoms with Crippen molar-refractivity contribution >= 4 is 11.7 Å². The van der Waals surface area contributed by atoms with Crippen molar-refractivity contribution in [1.29, 1.82) is 0 Å². The van der Waals surface area contributed by atoms with Crippen LogP contribution in [0.1, 0.15) is 39.0 Å². The van der Waals surface area contributed by atoms with E-state index in [0.717, 1.165) is 4.90 Å². The molecule has 32 heavy (non-hydrogen) atoms. The average molecular weight is 468 g/mol. The Balaban J connectivity index is 2.55. The normalized spacial score (nSPS) is 12.4. The Labute approximate surface area is 177 Å². The van der Waals surface area contributed by atoms with Gasteiger partial charge in [-0.05, 0) is 39.8 Å². The first-order valence-corrected chi connectivity index (χ1v) is 9.07. The predicted molar refractivity (Wildman–Crippen MR) is 98.3 cm³/mol. The lowest BCUT2D eigenvalue weighted by molar-refractivity contribution is -0.385. The number of hydrogen-bond donors (Lipinski definition) is 0. The minimum atomic E-state index is -5.05. The van der Waals surface area contributed by atoms with Crippen LogP contribution in [-0.4, -0.2) is 37.7 Å². The molecule has 0 saturated heterocycles. The number of carbonyl (C=O) groups is 1. The Bertz CT molecular complexity index is 1010. The third-order valence-electron chi connectivity index (χ3n) is 4.19. The van der Waals surface area contributed by atoms with E-state index in [-0.39, 0.29) is 10.7 Å². The van der Waals surface area contributed by atoms with E-state index in [9.17, 15) is 41.3 Å². The summed E-state index contributed by atoms with van der Waals surface area (Å²) < 4.78 is 84.0. The summed E-state index contributed by atoms with van der Waals surface area (Å²) in [6.07, 6.45) is -9.94. The highest BCUT2D eigenvalue weighted by Crippen LogP contribution is 2.39. The molecule has 1 amide bonds. The van der Waals surface area contributed by atoms with E-state index in [1.807, 2.05) is 0 Å². The van der Waals surface area contributed by atoms with Crippen molar-refractivity contribution in [1.82, 2.24) is 14.7 Å². The van der Waals surface area contributed by atoms with Gasteiger partial charge in [-0.2, -0.15) is 31.0 Å². The summed E-state index contributed by atoms with van der Waals surface area (Å²) in [4.78, 5) is 23.8. The van der Waals surface area contributed by atoms with Gasteiger partial charge in [0.05, 0.1) is 10.5 Å². The van der Waals surface area contributed by atoms with Gasteiger partial charge in [0, 0.05) is 24.2 Å². The SMILES string of the molecule is CC(C)N(C(=O)n1nc(Oc2ccc(C(F)(F)F)cc2[N+](=O)[O-])cc1C(F)(F)F)C(C)C. The molecule has 0 saturated carbocycles. The third kappa shape index (κ3) is 5.29. The fraction of sp³-hybridized carbons (Fsp3) is 0.444. The van der Waals surface area contributed by atoms with E-state index in [0.29, 0.717) is 18.2 Å². The maximum atomic E-state index is 13.5. The number of hydrogen-bond acceptors (Lipinski definition) is 5. The predicted octanol–water partition coefficient (Wildman–Crippen LogP) is 5.71. The second-order valence-corrected chi connectivity index (χ2v) is 7.19. The summed E-state index contributed by atoms with van der Waals surface area (Å²) in [7, 11) is 0. The highest BCUT2D eigenvalue weighted by atomic mass is 19.4. The number of halogens is 6. The molecule has 0 aliphatic heterocycles. The lowest BCUT2D eigenvalue weighted by Crippen LogP contribution is -2.45. The number of amides is 1. The first-order valence-electron chi connectivity index (χ1n) is 9.07. The lowest BCUT2D eigenvalue weighted by atomic mass is 10.2. The van der Waals surface area contributed by atoms with Crippen LogP contribution in [0.3, 0.4) is 0 Å². The molecule has 0 radical (unpaired) electrons.